The monoisotopic (exact) mass is 658 g/mol. The van der Waals surface area contributed by atoms with Crippen LogP contribution in [0.3, 0.4) is 0 Å². The van der Waals surface area contributed by atoms with Crippen molar-refractivity contribution < 1.29 is 18.0 Å². The molecule has 0 aliphatic rings. The van der Waals surface area contributed by atoms with Gasteiger partial charge in [0, 0.05) is 17.8 Å². The number of alkyl halides is 3. The number of carbonyl (C=O) groups excluding carboxylic acids is 1. The van der Waals surface area contributed by atoms with Gasteiger partial charge in [0.05, 0.1) is 26.8 Å². The number of aromatic nitrogens is 5. The smallest absolute Gasteiger partial charge is 0.303 e. The molecule has 3 aromatic carbocycles. The molecule has 0 unspecified atom stereocenters. The highest BCUT2D eigenvalue weighted by molar-refractivity contribution is 9.10. The molecule has 0 bridgehead atoms. The van der Waals surface area contributed by atoms with Crippen LogP contribution >= 0.6 is 39.1 Å². The Hall–Kier alpha value is -3.93. The lowest BCUT2D eigenvalue weighted by Crippen LogP contribution is -2.16. The molecule has 13 heteroatoms. The molecule has 0 atom stereocenters. The molecule has 1 amide bonds. The van der Waals surface area contributed by atoms with Crippen molar-refractivity contribution >= 4 is 67.3 Å². The van der Waals surface area contributed by atoms with E-state index >= 15 is 0 Å². The van der Waals surface area contributed by atoms with Crippen molar-refractivity contribution in [3.05, 3.63) is 110 Å². The third-order valence-electron chi connectivity index (χ3n) is 6.27. The average molecular weight is 660 g/mol. The van der Waals surface area contributed by atoms with Crippen LogP contribution in [0.2, 0.25) is 10.0 Å². The van der Waals surface area contributed by atoms with E-state index in [9.17, 15) is 18.0 Å². The van der Waals surface area contributed by atoms with Crippen molar-refractivity contribution in [3.63, 3.8) is 0 Å². The zero-order valence-electron chi connectivity index (χ0n) is 20.6. The summed E-state index contributed by atoms with van der Waals surface area (Å²) in [5.74, 6) is -0.593. The maximum Gasteiger partial charge on any atom is 0.433 e. The van der Waals surface area contributed by atoms with Crippen LogP contribution in [0, 0.1) is 0 Å². The van der Waals surface area contributed by atoms with Gasteiger partial charge in [0.2, 0.25) is 0 Å². The highest BCUT2D eigenvalue weighted by Gasteiger charge is 2.35. The van der Waals surface area contributed by atoms with Crippen molar-refractivity contribution in [3.8, 4) is 11.3 Å². The van der Waals surface area contributed by atoms with Crippen molar-refractivity contribution in [2.75, 3.05) is 5.32 Å². The van der Waals surface area contributed by atoms with Gasteiger partial charge in [0.15, 0.2) is 22.9 Å². The molecular formula is C28H16BrCl2F3N6O. The summed E-state index contributed by atoms with van der Waals surface area (Å²) in [4.78, 5) is 17.4. The summed E-state index contributed by atoms with van der Waals surface area (Å²) in [7, 11) is 0. The summed E-state index contributed by atoms with van der Waals surface area (Å²) in [6.45, 7) is 0.329. The molecule has 1 N–H and O–H groups in total. The molecule has 41 heavy (non-hydrogen) atoms. The van der Waals surface area contributed by atoms with E-state index in [4.69, 9.17) is 23.2 Å². The standard InChI is InChI=1S/C28H16BrCl2F3N6O/c29-19-14-39(13-15-5-8-20(30)21(31)9-15)38-26(19)36-27(41)23-12-25-35-22(11-24(28(32,33)34)40(25)37-23)18-7-6-16-3-1-2-4-17(16)10-18/h1-12,14H,13H2,(H,36,38,41). The van der Waals surface area contributed by atoms with Crippen LogP contribution in [0.4, 0.5) is 19.0 Å². The minimum absolute atomic E-state index is 0.103. The van der Waals surface area contributed by atoms with Crippen molar-refractivity contribution in [1.29, 1.82) is 0 Å². The van der Waals surface area contributed by atoms with E-state index in [0.717, 1.165) is 22.4 Å². The first-order valence-electron chi connectivity index (χ1n) is 12.0. The second-order valence-corrected chi connectivity index (χ2v) is 10.8. The molecule has 0 spiro atoms. The first kappa shape index (κ1) is 27.3. The minimum atomic E-state index is -4.75. The lowest BCUT2D eigenvalue weighted by atomic mass is 10.0. The summed E-state index contributed by atoms with van der Waals surface area (Å²) in [6.07, 6.45) is -3.11. The first-order chi connectivity index (χ1) is 19.5. The maximum atomic E-state index is 14.1. The maximum absolute atomic E-state index is 14.1. The third kappa shape index (κ3) is 5.52. The van der Waals surface area contributed by atoms with Crippen LogP contribution in [0.5, 0.6) is 0 Å². The Morgan fingerprint density at radius 1 is 0.927 bits per heavy atom. The van der Waals surface area contributed by atoms with Crippen LogP contribution in [-0.4, -0.2) is 30.3 Å². The molecule has 3 heterocycles. The van der Waals surface area contributed by atoms with Gasteiger partial charge in [-0.1, -0.05) is 65.7 Å². The highest BCUT2D eigenvalue weighted by atomic mass is 79.9. The predicted molar refractivity (Wildman–Crippen MR) is 154 cm³/mol. The fraction of sp³-hybridized carbons (Fsp3) is 0.0714. The summed E-state index contributed by atoms with van der Waals surface area (Å²) in [5, 5.41) is 13.5. The van der Waals surface area contributed by atoms with E-state index < -0.39 is 17.8 Å². The Morgan fingerprint density at radius 3 is 2.46 bits per heavy atom. The van der Waals surface area contributed by atoms with E-state index in [1.165, 1.54) is 6.07 Å². The van der Waals surface area contributed by atoms with Gasteiger partial charge in [0.25, 0.3) is 5.91 Å². The van der Waals surface area contributed by atoms with Crippen molar-refractivity contribution in [2.45, 2.75) is 12.7 Å². The summed E-state index contributed by atoms with van der Waals surface area (Å²) < 4.78 is 44.9. The Kier molecular flexibility index (Phi) is 6.96. The quantitative estimate of drug-likeness (QED) is 0.203. The summed E-state index contributed by atoms with van der Waals surface area (Å²) in [5.41, 5.74) is -0.0223. The normalized spacial score (nSPS) is 11.9. The van der Waals surface area contributed by atoms with E-state index in [-0.39, 0.29) is 22.9 Å². The number of nitrogens with one attached hydrogen (secondary N) is 1. The number of benzene rings is 3. The van der Waals surface area contributed by atoms with Crippen molar-refractivity contribution in [1.82, 2.24) is 24.4 Å². The molecule has 0 saturated carbocycles. The zero-order valence-corrected chi connectivity index (χ0v) is 23.7. The third-order valence-corrected chi connectivity index (χ3v) is 7.59. The summed E-state index contributed by atoms with van der Waals surface area (Å²) in [6, 6.07) is 20.1. The minimum Gasteiger partial charge on any atom is -0.303 e. The molecule has 0 fully saturated rings. The van der Waals surface area contributed by atoms with Gasteiger partial charge in [-0.05, 0) is 56.5 Å². The Balaban J connectivity index is 1.31. The number of anilines is 1. The van der Waals surface area contributed by atoms with Gasteiger partial charge in [-0.2, -0.15) is 23.4 Å². The molecule has 6 aromatic rings. The average Bonchev–Trinajstić information content (AvgIpc) is 3.52. The van der Waals surface area contributed by atoms with Gasteiger partial charge in [-0.3, -0.25) is 9.48 Å². The number of carbonyl (C=O) groups is 1. The molecular weight excluding hydrogens is 644 g/mol. The number of hydrogen-bond acceptors (Lipinski definition) is 4. The van der Waals surface area contributed by atoms with Gasteiger partial charge in [0.1, 0.15) is 0 Å². The lowest BCUT2D eigenvalue weighted by Gasteiger charge is -2.11. The largest absolute Gasteiger partial charge is 0.433 e. The van der Waals surface area contributed by atoms with Gasteiger partial charge in [-0.15, -0.1) is 0 Å². The fourth-order valence-electron chi connectivity index (χ4n) is 4.34. The number of fused-ring (bicyclic) bond motifs is 2. The van der Waals surface area contributed by atoms with E-state index in [1.54, 1.807) is 41.2 Å². The van der Waals surface area contributed by atoms with Gasteiger partial charge < -0.3 is 5.32 Å². The topological polar surface area (TPSA) is 77.1 Å². The Bertz CT molecular complexity index is 1970. The number of halogens is 6. The number of amides is 1. The van der Waals surface area contributed by atoms with Gasteiger partial charge >= 0.3 is 6.18 Å². The molecule has 6 rings (SSSR count). The fourth-order valence-corrected chi connectivity index (χ4v) is 5.08. The van der Waals surface area contributed by atoms with E-state index in [1.807, 2.05) is 30.3 Å². The molecule has 0 aliphatic carbocycles. The van der Waals surface area contributed by atoms with E-state index in [0.29, 0.717) is 31.1 Å². The highest BCUT2D eigenvalue weighted by Crippen LogP contribution is 2.33. The lowest BCUT2D eigenvalue weighted by molar-refractivity contribution is -0.142. The molecule has 206 valence electrons. The number of nitrogens with zero attached hydrogens (tertiary/aromatic N) is 5. The molecule has 7 nitrogen and oxygen atoms in total. The zero-order chi connectivity index (χ0) is 28.9. The van der Waals surface area contributed by atoms with E-state index in [2.05, 4.69) is 36.4 Å². The Morgan fingerprint density at radius 2 is 1.71 bits per heavy atom. The SMILES string of the molecule is O=C(Nc1nn(Cc2ccc(Cl)c(Cl)c2)cc1Br)c1cc2nc(-c3ccc4ccccc4c3)cc(C(F)(F)F)n2n1. The van der Waals surface area contributed by atoms with Crippen LogP contribution in [0.1, 0.15) is 21.7 Å². The number of rotatable bonds is 5. The van der Waals surface area contributed by atoms with Gasteiger partial charge in [-0.25, -0.2) is 9.50 Å². The Labute approximate surface area is 248 Å². The molecule has 0 aliphatic heterocycles. The predicted octanol–water partition coefficient (Wildman–Crippen LogP) is 8.13. The summed E-state index contributed by atoms with van der Waals surface area (Å²) >= 11 is 15.4. The first-order valence-corrected chi connectivity index (χ1v) is 13.6. The molecule has 0 radical (unpaired) electrons. The second kappa shape index (κ2) is 10.5. The van der Waals surface area contributed by atoms with Crippen LogP contribution < -0.4 is 5.32 Å². The van der Waals surface area contributed by atoms with Crippen LogP contribution in [0.25, 0.3) is 27.7 Å². The van der Waals surface area contributed by atoms with Crippen LogP contribution in [0.15, 0.2) is 83.5 Å². The molecule has 3 aromatic heterocycles. The number of hydrogen-bond donors (Lipinski definition) is 1. The van der Waals surface area contributed by atoms with Crippen molar-refractivity contribution in [2.24, 2.45) is 0 Å². The van der Waals surface area contributed by atoms with Crippen LogP contribution in [-0.2, 0) is 12.7 Å². The molecule has 0 saturated heterocycles. The second-order valence-electron chi connectivity index (χ2n) is 9.11.